The van der Waals surface area contributed by atoms with Gasteiger partial charge >= 0.3 is 12.1 Å². The fourth-order valence-electron chi connectivity index (χ4n) is 4.39. The lowest BCUT2D eigenvalue weighted by molar-refractivity contribution is -0.143. The normalized spacial score (nSPS) is 16.8. The zero-order valence-corrected chi connectivity index (χ0v) is 20.6. The molecule has 0 bridgehead atoms. The first-order chi connectivity index (χ1) is 15.8. The van der Waals surface area contributed by atoms with Crippen LogP contribution in [0.15, 0.2) is 43.0 Å². The molecule has 2 rings (SSSR count). The summed E-state index contributed by atoms with van der Waals surface area (Å²) in [5, 5.41) is 2.82. The van der Waals surface area contributed by atoms with Crippen LogP contribution in [-0.4, -0.2) is 50.8 Å². The number of ether oxygens (including phenoxy) is 2. The van der Waals surface area contributed by atoms with Gasteiger partial charge in [-0.25, -0.2) is 4.79 Å². The van der Waals surface area contributed by atoms with Gasteiger partial charge in [0, 0.05) is 13.1 Å². The second-order valence-corrected chi connectivity index (χ2v) is 9.52. The van der Waals surface area contributed by atoms with E-state index < -0.39 is 6.09 Å². The van der Waals surface area contributed by atoms with Crippen molar-refractivity contribution in [2.24, 2.45) is 17.8 Å². The molecule has 0 radical (unpaired) electrons. The van der Waals surface area contributed by atoms with Gasteiger partial charge in [-0.3, -0.25) is 4.79 Å². The summed E-state index contributed by atoms with van der Waals surface area (Å²) in [6.45, 7) is 9.30. The lowest BCUT2D eigenvalue weighted by Crippen LogP contribution is -2.33. The van der Waals surface area contributed by atoms with Crippen molar-refractivity contribution in [1.82, 2.24) is 10.2 Å². The number of amides is 1. The summed E-state index contributed by atoms with van der Waals surface area (Å²) >= 11 is 0. The molecule has 0 saturated heterocycles. The van der Waals surface area contributed by atoms with Gasteiger partial charge < -0.3 is 19.7 Å². The maximum atomic E-state index is 12.5. The topological polar surface area (TPSA) is 67.9 Å². The Balaban J connectivity index is 1.97. The molecule has 0 aromatic heterocycles. The first kappa shape index (κ1) is 26.7. The van der Waals surface area contributed by atoms with Crippen molar-refractivity contribution in [1.29, 1.82) is 0 Å². The third-order valence-corrected chi connectivity index (χ3v) is 5.68. The maximum Gasteiger partial charge on any atom is 0.412 e. The molecular formula is C27H40N2O4. The Bertz CT molecular complexity index is 816. The number of rotatable bonds is 12. The SMILES string of the molecule is C=CCOC(=O)C[C@H](CNC(=O)Oc1cccc(C2=CCCCC2CN(C)C)c1)CC(C)C. The molecule has 0 heterocycles. The molecule has 1 amide bonds. The lowest BCUT2D eigenvalue weighted by atomic mass is 9.83. The summed E-state index contributed by atoms with van der Waals surface area (Å²) in [4.78, 5) is 26.7. The molecule has 1 unspecified atom stereocenters. The zero-order chi connectivity index (χ0) is 24.2. The number of hydrogen-bond acceptors (Lipinski definition) is 5. The summed E-state index contributed by atoms with van der Waals surface area (Å²) in [6, 6.07) is 7.75. The summed E-state index contributed by atoms with van der Waals surface area (Å²) in [6.07, 6.45) is 7.87. The van der Waals surface area contributed by atoms with E-state index >= 15 is 0 Å². The molecule has 2 atom stereocenters. The van der Waals surface area contributed by atoms with E-state index in [0.29, 0.717) is 24.1 Å². The van der Waals surface area contributed by atoms with Gasteiger partial charge in [-0.05, 0) is 80.8 Å². The Morgan fingerprint density at radius 3 is 2.79 bits per heavy atom. The first-order valence-electron chi connectivity index (χ1n) is 12.0. The van der Waals surface area contributed by atoms with Crippen molar-refractivity contribution >= 4 is 17.6 Å². The Morgan fingerprint density at radius 2 is 2.09 bits per heavy atom. The van der Waals surface area contributed by atoms with Crippen LogP contribution in [0.5, 0.6) is 5.75 Å². The molecule has 0 fully saturated rings. The molecule has 6 nitrogen and oxygen atoms in total. The average Bonchev–Trinajstić information content (AvgIpc) is 2.76. The van der Waals surface area contributed by atoms with Gasteiger partial charge in [0.1, 0.15) is 12.4 Å². The van der Waals surface area contributed by atoms with E-state index in [4.69, 9.17) is 9.47 Å². The predicted octanol–water partition coefficient (Wildman–Crippen LogP) is 5.30. The molecule has 1 aromatic carbocycles. The standard InChI is InChI=1S/C27H40N2O4/c1-6-14-32-26(30)16-21(15-20(2)3)18-28-27(31)33-24-12-9-11-22(17-24)25-13-8-7-10-23(25)19-29(4)5/h6,9,11-13,17,20-21,23H,1,7-8,10,14-16,18-19H2,2-5H3,(H,28,31)/t21-,23?/m1/s1. The monoisotopic (exact) mass is 456 g/mol. The van der Waals surface area contributed by atoms with Gasteiger partial charge in [-0.2, -0.15) is 0 Å². The first-order valence-corrected chi connectivity index (χ1v) is 12.0. The minimum atomic E-state index is -0.511. The van der Waals surface area contributed by atoms with Crippen molar-refractivity contribution in [3.05, 3.63) is 48.6 Å². The number of esters is 1. The summed E-state index contributed by atoms with van der Waals surface area (Å²) in [5.74, 6) is 1.11. The lowest BCUT2D eigenvalue weighted by Gasteiger charge is -2.27. The number of hydrogen-bond donors (Lipinski definition) is 1. The Morgan fingerprint density at radius 1 is 1.30 bits per heavy atom. The number of allylic oxidation sites excluding steroid dienone is 1. The van der Waals surface area contributed by atoms with Gasteiger partial charge in [0.25, 0.3) is 0 Å². The minimum Gasteiger partial charge on any atom is -0.461 e. The Hall–Kier alpha value is -2.60. The third-order valence-electron chi connectivity index (χ3n) is 5.68. The van der Waals surface area contributed by atoms with Crippen molar-refractivity contribution in [2.75, 3.05) is 33.8 Å². The second kappa shape index (κ2) is 13.8. The van der Waals surface area contributed by atoms with E-state index in [-0.39, 0.29) is 24.9 Å². The van der Waals surface area contributed by atoms with Crippen molar-refractivity contribution in [3.8, 4) is 5.75 Å². The van der Waals surface area contributed by atoms with Crippen LogP contribution in [0.4, 0.5) is 4.79 Å². The fourth-order valence-corrected chi connectivity index (χ4v) is 4.39. The minimum absolute atomic E-state index is 0.0135. The van der Waals surface area contributed by atoms with Crippen LogP contribution in [0.3, 0.4) is 0 Å². The van der Waals surface area contributed by atoms with Gasteiger partial charge in [0.05, 0.1) is 6.42 Å². The second-order valence-electron chi connectivity index (χ2n) is 9.52. The number of nitrogens with one attached hydrogen (secondary N) is 1. The van der Waals surface area contributed by atoms with Gasteiger partial charge in [-0.1, -0.05) is 44.7 Å². The molecule has 182 valence electrons. The van der Waals surface area contributed by atoms with Gasteiger partial charge in [0.2, 0.25) is 0 Å². The van der Waals surface area contributed by atoms with E-state index in [1.54, 1.807) is 12.1 Å². The smallest absolute Gasteiger partial charge is 0.412 e. The van der Waals surface area contributed by atoms with E-state index in [1.807, 2.05) is 12.1 Å². The number of benzene rings is 1. The van der Waals surface area contributed by atoms with Crippen molar-refractivity contribution < 1.29 is 19.1 Å². The van der Waals surface area contributed by atoms with E-state index in [0.717, 1.165) is 24.9 Å². The van der Waals surface area contributed by atoms with Gasteiger partial charge in [-0.15, -0.1) is 0 Å². The van der Waals surface area contributed by atoms with Crippen LogP contribution < -0.4 is 10.1 Å². The number of carbonyl (C=O) groups excluding carboxylic acids is 2. The van der Waals surface area contributed by atoms with Crippen LogP contribution in [0, 0.1) is 17.8 Å². The highest BCUT2D eigenvalue weighted by molar-refractivity contribution is 5.73. The van der Waals surface area contributed by atoms with Crippen LogP contribution in [-0.2, 0) is 9.53 Å². The third kappa shape index (κ3) is 9.82. The molecule has 0 saturated carbocycles. The fraction of sp³-hybridized carbons (Fsp3) is 0.556. The van der Waals surface area contributed by atoms with E-state index in [9.17, 15) is 9.59 Å². The highest BCUT2D eigenvalue weighted by atomic mass is 16.6. The average molecular weight is 457 g/mol. The molecule has 1 aliphatic rings. The molecule has 1 aliphatic carbocycles. The van der Waals surface area contributed by atoms with Crippen LogP contribution in [0.1, 0.15) is 51.5 Å². The molecule has 0 spiro atoms. The molecule has 1 aromatic rings. The molecule has 0 aliphatic heterocycles. The molecular weight excluding hydrogens is 416 g/mol. The predicted molar refractivity (Wildman–Crippen MR) is 133 cm³/mol. The Labute approximate surface area is 199 Å². The molecule has 6 heteroatoms. The number of nitrogens with zero attached hydrogens (tertiary/aromatic N) is 1. The zero-order valence-electron chi connectivity index (χ0n) is 20.6. The van der Waals surface area contributed by atoms with Crippen LogP contribution >= 0.6 is 0 Å². The molecule has 1 N–H and O–H groups in total. The maximum absolute atomic E-state index is 12.5. The van der Waals surface area contributed by atoms with Crippen LogP contribution in [0.25, 0.3) is 5.57 Å². The largest absolute Gasteiger partial charge is 0.461 e. The van der Waals surface area contributed by atoms with E-state index in [1.165, 1.54) is 18.4 Å². The highest BCUT2D eigenvalue weighted by Crippen LogP contribution is 2.34. The highest BCUT2D eigenvalue weighted by Gasteiger charge is 2.21. The molecule has 33 heavy (non-hydrogen) atoms. The van der Waals surface area contributed by atoms with Gasteiger partial charge in [0.15, 0.2) is 0 Å². The van der Waals surface area contributed by atoms with Crippen molar-refractivity contribution in [2.45, 2.75) is 46.0 Å². The summed E-state index contributed by atoms with van der Waals surface area (Å²) in [5.41, 5.74) is 2.44. The van der Waals surface area contributed by atoms with E-state index in [2.05, 4.69) is 56.9 Å². The summed E-state index contributed by atoms with van der Waals surface area (Å²) < 4.78 is 10.7. The summed E-state index contributed by atoms with van der Waals surface area (Å²) in [7, 11) is 4.20. The number of carbonyl (C=O) groups is 2. The quantitative estimate of drug-likeness (QED) is 0.341. The van der Waals surface area contributed by atoms with Crippen LogP contribution in [0.2, 0.25) is 0 Å². The Kier molecular flexibility index (Phi) is 11.2. The van der Waals surface area contributed by atoms with Crippen molar-refractivity contribution in [3.63, 3.8) is 0 Å².